The summed E-state index contributed by atoms with van der Waals surface area (Å²) >= 11 is 0. The van der Waals surface area contributed by atoms with Gasteiger partial charge in [-0.25, -0.2) is 4.79 Å². The maximum Gasteiger partial charge on any atom is 0.335 e. The summed E-state index contributed by atoms with van der Waals surface area (Å²) in [6.45, 7) is -0.485. The zero-order valence-corrected chi connectivity index (χ0v) is 10.8. The minimum Gasteiger partial charge on any atom is -0.495 e. The molecule has 0 fully saturated rings. The van der Waals surface area contributed by atoms with Crippen LogP contribution in [0.4, 0.5) is 5.69 Å². The van der Waals surface area contributed by atoms with Gasteiger partial charge in [-0.1, -0.05) is 0 Å². The fraction of sp³-hybridized carbons (Fsp3) is 0.250. The molecule has 2 amide bonds. The van der Waals surface area contributed by atoms with Crippen molar-refractivity contribution in [2.75, 3.05) is 25.5 Å². The number of amides is 2. The quantitative estimate of drug-likeness (QED) is 0.551. The van der Waals surface area contributed by atoms with Gasteiger partial charge in [0.05, 0.1) is 31.5 Å². The number of carbonyl (C=O) groups excluding carboxylic acids is 2. The van der Waals surface area contributed by atoms with Gasteiger partial charge in [-0.3, -0.25) is 9.59 Å². The van der Waals surface area contributed by atoms with Crippen LogP contribution in [0.3, 0.4) is 0 Å². The molecule has 1 aromatic rings. The van der Waals surface area contributed by atoms with E-state index in [2.05, 4.69) is 10.6 Å². The van der Waals surface area contributed by atoms with Crippen molar-refractivity contribution < 1.29 is 24.2 Å². The number of carbonyl (C=O) groups is 3. The molecule has 5 N–H and O–H groups in total. The second kappa shape index (κ2) is 7.10. The van der Waals surface area contributed by atoms with Crippen molar-refractivity contribution in [3.63, 3.8) is 0 Å². The molecule has 0 radical (unpaired) electrons. The number of methoxy groups -OCH3 is 1. The molecular weight excluding hydrogens is 266 g/mol. The predicted molar refractivity (Wildman–Crippen MR) is 70.6 cm³/mol. The van der Waals surface area contributed by atoms with Crippen molar-refractivity contribution in [3.05, 3.63) is 23.8 Å². The van der Waals surface area contributed by atoms with E-state index in [0.717, 1.165) is 0 Å². The number of nitrogens with two attached hydrogens (primary N) is 1. The van der Waals surface area contributed by atoms with E-state index < -0.39 is 17.8 Å². The normalized spacial score (nSPS) is 9.70. The molecule has 1 rings (SSSR count). The van der Waals surface area contributed by atoms with Gasteiger partial charge < -0.3 is 26.2 Å². The lowest BCUT2D eigenvalue weighted by molar-refractivity contribution is -0.123. The average molecular weight is 281 g/mol. The van der Waals surface area contributed by atoms with Gasteiger partial charge in [0.15, 0.2) is 0 Å². The molecule has 1 aromatic carbocycles. The second-order valence-corrected chi connectivity index (χ2v) is 3.75. The van der Waals surface area contributed by atoms with E-state index in [1.165, 1.54) is 25.3 Å². The van der Waals surface area contributed by atoms with Gasteiger partial charge in [0.1, 0.15) is 5.75 Å². The van der Waals surface area contributed by atoms with Crippen LogP contribution >= 0.6 is 0 Å². The van der Waals surface area contributed by atoms with Crippen LogP contribution in [0.5, 0.6) is 5.75 Å². The summed E-state index contributed by atoms with van der Waals surface area (Å²) in [6.07, 6.45) is 0. The lowest BCUT2D eigenvalue weighted by atomic mass is 10.2. The topological polar surface area (TPSA) is 131 Å². The molecule has 0 bridgehead atoms. The van der Waals surface area contributed by atoms with Crippen LogP contribution in [0.15, 0.2) is 18.2 Å². The fourth-order valence-corrected chi connectivity index (χ4v) is 1.38. The van der Waals surface area contributed by atoms with E-state index in [0.29, 0.717) is 5.75 Å². The first-order chi connectivity index (χ1) is 9.47. The number of benzene rings is 1. The number of ether oxygens (including phenoxy) is 1. The third kappa shape index (κ3) is 4.25. The molecule has 0 unspecified atom stereocenters. The van der Waals surface area contributed by atoms with Gasteiger partial charge in [0, 0.05) is 0 Å². The number of nitrogens with one attached hydrogen (secondary N) is 2. The van der Waals surface area contributed by atoms with Crippen LogP contribution < -0.4 is 21.1 Å². The van der Waals surface area contributed by atoms with E-state index >= 15 is 0 Å². The molecule has 0 spiro atoms. The summed E-state index contributed by atoms with van der Waals surface area (Å²) in [4.78, 5) is 33.4. The zero-order valence-electron chi connectivity index (χ0n) is 10.8. The summed E-state index contributed by atoms with van der Waals surface area (Å²) < 4.78 is 5.01. The van der Waals surface area contributed by atoms with Crippen molar-refractivity contribution in [2.45, 2.75) is 0 Å². The Morgan fingerprint density at radius 2 is 2.00 bits per heavy atom. The molecule has 0 saturated carbocycles. The van der Waals surface area contributed by atoms with Gasteiger partial charge in [0.25, 0.3) is 0 Å². The largest absolute Gasteiger partial charge is 0.495 e. The Morgan fingerprint density at radius 3 is 2.55 bits per heavy atom. The molecule has 8 heteroatoms. The highest BCUT2D eigenvalue weighted by molar-refractivity contribution is 5.97. The highest BCUT2D eigenvalue weighted by Gasteiger charge is 2.12. The summed E-state index contributed by atoms with van der Waals surface area (Å²) in [5.41, 5.74) is 5.29. The number of hydrogen-bond donors (Lipinski definition) is 4. The van der Waals surface area contributed by atoms with Crippen LogP contribution in [-0.4, -0.2) is 43.1 Å². The van der Waals surface area contributed by atoms with E-state index in [9.17, 15) is 14.4 Å². The molecule has 20 heavy (non-hydrogen) atoms. The first-order valence-corrected chi connectivity index (χ1v) is 5.66. The van der Waals surface area contributed by atoms with Crippen molar-refractivity contribution in [2.24, 2.45) is 5.73 Å². The van der Waals surface area contributed by atoms with E-state index in [1.807, 2.05) is 0 Å². The summed E-state index contributed by atoms with van der Waals surface area (Å²) in [6, 6.07) is 4.05. The van der Waals surface area contributed by atoms with Crippen molar-refractivity contribution in [1.29, 1.82) is 0 Å². The van der Waals surface area contributed by atoms with Crippen molar-refractivity contribution >= 4 is 23.5 Å². The highest BCUT2D eigenvalue weighted by atomic mass is 16.5. The molecular formula is C12H15N3O5. The first-order valence-electron chi connectivity index (χ1n) is 5.66. The van der Waals surface area contributed by atoms with E-state index in [1.54, 1.807) is 0 Å². The van der Waals surface area contributed by atoms with E-state index in [-0.39, 0.29) is 24.3 Å². The maximum absolute atomic E-state index is 11.6. The number of anilines is 1. The Hall–Kier alpha value is -2.61. The molecule has 0 saturated heterocycles. The summed E-state index contributed by atoms with van der Waals surface area (Å²) in [5, 5.41) is 13.6. The molecule has 108 valence electrons. The number of carboxylic acids is 1. The molecule has 0 aliphatic carbocycles. The average Bonchev–Trinajstić information content (AvgIpc) is 2.44. The number of aromatic carboxylic acids is 1. The lowest BCUT2D eigenvalue weighted by Gasteiger charge is -2.11. The Labute approximate surface area is 114 Å². The minimum atomic E-state index is -1.13. The first kappa shape index (κ1) is 15.4. The Bertz CT molecular complexity index is 530. The Kier molecular flexibility index (Phi) is 5.48. The molecule has 0 aliphatic heterocycles. The monoisotopic (exact) mass is 281 g/mol. The molecule has 0 atom stereocenters. The van der Waals surface area contributed by atoms with Gasteiger partial charge in [-0.15, -0.1) is 0 Å². The summed E-state index contributed by atoms with van der Waals surface area (Å²) in [7, 11) is 1.39. The van der Waals surface area contributed by atoms with Crippen molar-refractivity contribution in [1.82, 2.24) is 5.32 Å². The number of rotatable bonds is 6. The van der Waals surface area contributed by atoms with Gasteiger partial charge in [-0.2, -0.15) is 0 Å². The van der Waals surface area contributed by atoms with Crippen LogP contribution in [0.25, 0.3) is 0 Å². The molecule has 0 aliphatic rings. The van der Waals surface area contributed by atoms with Gasteiger partial charge in [0.2, 0.25) is 11.8 Å². The zero-order chi connectivity index (χ0) is 15.1. The SMILES string of the molecule is COc1ccc(C(=O)O)cc1NC(=O)CNC(=O)CN. The third-order valence-electron chi connectivity index (χ3n) is 2.35. The van der Waals surface area contributed by atoms with E-state index in [4.69, 9.17) is 15.6 Å². The molecule has 0 heterocycles. The highest BCUT2D eigenvalue weighted by Crippen LogP contribution is 2.25. The van der Waals surface area contributed by atoms with Gasteiger partial charge in [-0.05, 0) is 18.2 Å². The fourth-order valence-electron chi connectivity index (χ4n) is 1.38. The van der Waals surface area contributed by atoms with Crippen molar-refractivity contribution in [3.8, 4) is 5.75 Å². The van der Waals surface area contributed by atoms with Crippen LogP contribution in [-0.2, 0) is 9.59 Å². The number of carboxylic acid groups (broad SMARTS) is 1. The minimum absolute atomic E-state index is 0.00657. The molecule has 8 nitrogen and oxygen atoms in total. The van der Waals surface area contributed by atoms with Crippen LogP contribution in [0, 0.1) is 0 Å². The second-order valence-electron chi connectivity index (χ2n) is 3.75. The maximum atomic E-state index is 11.6. The molecule has 0 aromatic heterocycles. The van der Waals surface area contributed by atoms with Crippen LogP contribution in [0.1, 0.15) is 10.4 Å². The lowest BCUT2D eigenvalue weighted by Crippen LogP contribution is -2.36. The van der Waals surface area contributed by atoms with Gasteiger partial charge >= 0.3 is 5.97 Å². The van der Waals surface area contributed by atoms with Crippen LogP contribution in [0.2, 0.25) is 0 Å². The number of hydrogen-bond acceptors (Lipinski definition) is 5. The predicted octanol–water partition coefficient (Wildman–Crippen LogP) is -0.593. The smallest absolute Gasteiger partial charge is 0.335 e. The Morgan fingerprint density at radius 1 is 1.30 bits per heavy atom. The Balaban J connectivity index is 2.79. The summed E-state index contributed by atoms with van der Waals surface area (Å²) in [5.74, 6) is -1.80. The standard InChI is InChI=1S/C12H15N3O5/c1-20-9-3-2-7(12(18)19)4-8(9)15-11(17)6-14-10(16)5-13/h2-4H,5-6,13H2,1H3,(H,14,16)(H,15,17)(H,18,19). The third-order valence-corrected chi connectivity index (χ3v) is 2.35.